The Balaban J connectivity index is 1.59. The monoisotopic (exact) mass is 486 g/mol. The number of anilines is 1. The number of hydrogen-bond acceptors (Lipinski definition) is 5. The minimum absolute atomic E-state index is 0.0807. The van der Waals surface area contributed by atoms with E-state index in [0.29, 0.717) is 34.5 Å². The maximum absolute atomic E-state index is 12.3. The topological polar surface area (TPSA) is 86.7 Å². The number of phenolic OH excluding ortho intramolecular Hbond substituents is 1. The summed E-state index contributed by atoms with van der Waals surface area (Å²) in [6, 6.07) is 12.3. The second kappa shape index (κ2) is 7.93. The smallest absolute Gasteiger partial charge is 0.255 e. The van der Waals surface area contributed by atoms with Gasteiger partial charge in [-0.1, -0.05) is 12.1 Å². The van der Waals surface area contributed by atoms with Crippen molar-refractivity contribution in [3.63, 3.8) is 0 Å². The minimum atomic E-state index is -2.87. The van der Waals surface area contributed by atoms with Gasteiger partial charge in [-0.2, -0.15) is 0 Å². The number of carbonyl (C=O) groups is 1. The van der Waals surface area contributed by atoms with Crippen LogP contribution < -0.4 is 5.32 Å². The summed E-state index contributed by atoms with van der Waals surface area (Å²) in [6.07, 6.45) is 0. The van der Waals surface area contributed by atoms with Crippen LogP contribution in [0.15, 0.2) is 42.5 Å². The number of halogens is 1. The summed E-state index contributed by atoms with van der Waals surface area (Å²) in [5, 5.41) is 12.5. The molecule has 2 aromatic rings. The van der Waals surface area contributed by atoms with Crippen LogP contribution in [0.4, 0.5) is 5.69 Å². The van der Waals surface area contributed by atoms with E-state index in [1.165, 1.54) is 6.07 Å². The first kappa shape index (κ1) is 19.1. The van der Waals surface area contributed by atoms with Crippen molar-refractivity contribution in [1.29, 1.82) is 0 Å². The molecule has 2 N–H and O–H groups in total. The predicted molar refractivity (Wildman–Crippen MR) is 109 cm³/mol. The van der Waals surface area contributed by atoms with Crippen LogP contribution in [0, 0.1) is 3.57 Å². The third-order valence-electron chi connectivity index (χ3n) is 4.26. The van der Waals surface area contributed by atoms with E-state index >= 15 is 0 Å². The molecule has 0 spiro atoms. The van der Waals surface area contributed by atoms with Crippen LogP contribution in [-0.4, -0.2) is 48.9 Å². The van der Waals surface area contributed by atoms with Crippen molar-refractivity contribution in [3.8, 4) is 5.75 Å². The minimum Gasteiger partial charge on any atom is -0.507 e. The Morgan fingerprint density at radius 2 is 1.77 bits per heavy atom. The molecule has 0 saturated carbocycles. The first-order valence-electron chi connectivity index (χ1n) is 8.14. The summed E-state index contributed by atoms with van der Waals surface area (Å²) >= 11 is 2.00. The van der Waals surface area contributed by atoms with Crippen molar-refractivity contribution >= 4 is 44.0 Å². The zero-order chi connectivity index (χ0) is 18.7. The van der Waals surface area contributed by atoms with Crippen molar-refractivity contribution in [2.75, 3.05) is 29.9 Å². The summed E-state index contributed by atoms with van der Waals surface area (Å²) in [7, 11) is -2.87. The Bertz CT molecular complexity index is 899. The lowest BCUT2D eigenvalue weighted by Crippen LogP contribution is -2.39. The van der Waals surface area contributed by atoms with E-state index < -0.39 is 9.84 Å². The van der Waals surface area contributed by atoms with E-state index in [-0.39, 0.29) is 23.2 Å². The fraction of sp³-hybridized carbons (Fsp3) is 0.278. The Morgan fingerprint density at radius 1 is 1.12 bits per heavy atom. The molecule has 138 valence electrons. The van der Waals surface area contributed by atoms with Crippen molar-refractivity contribution < 1.29 is 18.3 Å². The van der Waals surface area contributed by atoms with Gasteiger partial charge in [-0.05, 0) is 58.5 Å². The quantitative estimate of drug-likeness (QED) is 0.649. The zero-order valence-corrected chi connectivity index (χ0v) is 17.0. The number of aromatic hydroxyl groups is 1. The van der Waals surface area contributed by atoms with Gasteiger partial charge in [0.25, 0.3) is 5.91 Å². The van der Waals surface area contributed by atoms with Gasteiger partial charge < -0.3 is 10.4 Å². The van der Waals surface area contributed by atoms with Gasteiger partial charge in [0.15, 0.2) is 9.84 Å². The van der Waals surface area contributed by atoms with E-state index in [4.69, 9.17) is 0 Å². The molecule has 0 radical (unpaired) electrons. The number of amides is 1. The number of hydrogen-bond donors (Lipinski definition) is 2. The van der Waals surface area contributed by atoms with Crippen molar-refractivity contribution in [2.24, 2.45) is 0 Å². The summed E-state index contributed by atoms with van der Waals surface area (Å²) in [5.41, 5.74) is 2.12. The SMILES string of the molecule is O=C(Nc1ccc(CN2CCS(=O)(=O)CC2)cc1)c1ccc(I)c(O)c1. The molecule has 1 saturated heterocycles. The largest absolute Gasteiger partial charge is 0.507 e. The van der Waals surface area contributed by atoms with E-state index in [0.717, 1.165) is 5.56 Å². The molecule has 3 rings (SSSR count). The molecule has 6 nitrogen and oxygen atoms in total. The predicted octanol–water partition coefficient (Wildman–Crippen LogP) is 2.48. The van der Waals surface area contributed by atoms with Gasteiger partial charge in [-0.25, -0.2) is 8.42 Å². The molecule has 1 heterocycles. The van der Waals surface area contributed by atoms with E-state index in [1.807, 2.05) is 46.9 Å². The fourth-order valence-electron chi connectivity index (χ4n) is 2.72. The molecule has 0 aliphatic carbocycles. The van der Waals surface area contributed by atoms with Gasteiger partial charge in [-0.15, -0.1) is 0 Å². The molecule has 2 aromatic carbocycles. The summed E-state index contributed by atoms with van der Waals surface area (Å²) < 4.78 is 23.6. The van der Waals surface area contributed by atoms with E-state index in [2.05, 4.69) is 10.2 Å². The van der Waals surface area contributed by atoms with E-state index in [1.54, 1.807) is 12.1 Å². The van der Waals surface area contributed by atoms with Crippen molar-refractivity contribution in [1.82, 2.24) is 4.90 Å². The molecule has 1 aliphatic rings. The molecule has 1 fully saturated rings. The lowest BCUT2D eigenvalue weighted by Gasteiger charge is -2.26. The van der Waals surface area contributed by atoms with E-state index in [9.17, 15) is 18.3 Å². The van der Waals surface area contributed by atoms with Gasteiger partial charge in [0, 0.05) is 30.9 Å². The van der Waals surface area contributed by atoms with Gasteiger partial charge in [-0.3, -0.25) is 9.69 Å². The van der Waals surface area contributed by atoms with Crippen LogP contribution >= 0.6 is 22.6 Å². The highest BCUT2D eigenvalue weighted by molar-refractivity contribution is 14.1. The molecular weight excluding hydrogens is 467 g/mol. The third-order valence-corrected chi connectivity index (χ3v) is 6.78. The van der Waals surface area contributed by atoms with Crippen LogP contribution in [-0.2, 0) is 16.4 Å². The van der Waals surface area contributed by atoms with Crippen LogP contribution in [0.3, 0.4) is 0 Å². The number of carbonyl (C=O) groups excluding carboxylic acids is 1. The Labute approximate surface area is 166 Å². The average molecular weight is 486 g/mol. The second-order valence-electron chi connectivity index (χ2n) is 6.25. The van der Waals surface area contributed by atoms with Gasteiger partial charge in [0.05, 0.1) is 15.1 Å². The number of nitrogens with zero attached hydrogens (tertiary/aromatic N) is 1. The van der Waals surface area contributed by atoms with Gasteiger partial charge in [0.1, 0.15) is 5.75 Å². The van der Waals surface area contributed by atoms with Crippen LogP contribution in [0.5, 0.6) is 5.75 Å². The molecule has 1 amide bonds. The average Bonchev–Trinajstić information content (AvgIpc) is 2.61. The standard InChI is InChI=1S/C18H19IN2O4S/c19-16-6-3-14(11-17(16)22)18(23)20-15-4-1-13(2-5-15)12-21-7-9-26(24,25)10-8-21/h1-6,11,22H,7-10,12H2,(H,20,23). The number of sulfone groups is 1. The number of benzene rings is 2. The van der Waals surface area contributed by atoms with Crippen molar-refractivity contribution in [3.05, 3.63) is 57.2 Å². The molecule has 0 aromatic heterocycles. The third kappa shape index (κ3) is 4.95. The van der Waals surface area contributed by atoms with Crippen LogP contribution in [0.1, 0.15) is 15.9 Å². The summed E-state index contributed by atoms with van der Waals surface area (Å²) in [5.74, 6) is 0.219. The lowest BCUT2D eigenvalue weighted by atomic mass is 10.1. The van der Waals surface area contributed by atoms with Gasteiger partial charge in [0.2, 0.25) is 0 Å². The number of nitrogens with one attached hydrogen (secondary N) is 1. The maximum atomic E-state index is 12.3. The molecular formula is C18H19IN2O4S. The Kier molecular flexibility index (Phi) is 5.83. The normalized spacial score (nSPS) is 17.0. The zero-order valence-electron chi connectivity index (χ0n) is 14.0. The molecule has 0 unspecified atom stereocenters. The Morgan fingerprint density at radius 3 is 2.38 bits per heavy atom. The molecule has 0 atom stereocenters. The van der Waals surface area contributed by atoms with Crippen LogP contribution in [0.2, 0.25) is 0 Å². The first-order chi connectivity index (χ1) is 12.3. The second-order valence-corrected chi connectivity index (χ2v) is 9.71. The van der Waals surface area contributed by atoms with Gasteiger partial charge >= 0.3 is 0 Å². The molecule has 8 heteroatoms. The fourth-order valence-corrected chi connectivity index (χ4v) is 4.33. The summed E-state index contributed by atoms with van der Waals surface area (Å²) in [6.45, 7) is 1.79. The molecule has 0 bridgehead atoms. The highest BCUT2D eigenvalue weighted by Gasteiger charge is 2.21. The highest BCUT2D eigenvalue weighted by atomic mass is 127. The lowest BCUT2D eigenvalue weighted by molar-refractivity contribution is 0.102. The summed E-state index contributed by atoms with van der Waals surface area (Å²) in [4.78, 5) is 14.4. The maximum Gasteiger partial charge on any atom is 0.255 e. The number of rotatable bonds is 4. The molecule has 1 aliphatic heterocycles. The first-order valence-corrected chi connectivity index (χ1v) is 11.0. The van der Waals surface area contributed by atoms with Crippen molar-refractivity contribution in [2.45, 2.75) is 6.54 Å². The highest BCUT2D eigenvalue weighted by Crippen LogP contribution is 2.21. The van der Waals surface area contributed by atoms with Crippen LogP contribution in [0.25, 0.3) is 0 Å². The Hall–Kier alpha value is -1.65. The number of phenols is 1. The molecule has 26 heavy (non-hydrogen) atoms.